The maximum Gasteiger partial charge on any atom is 0.109 e. The maximum atomic E-state index is 10.1. The molecular weight excluding hydrogens is 448 g/mol. The Labute approximate surface area is 208 Å². The monoisotopic (exact) mass is 492 g/mol. The molecule has 4 bridgehead atoms. The van der Waals surface area contributed by atoms with Crippen LogP contribution in [0.25, 0.3) is 0 Å². The third-order valence-electron chi connectivity index (χ3n) is 9.21. The summed E-state index contributed by atoms with van der Waals surface area (Å²) in [6.45, 7) is 2.98. The van der Waals surface area contributed by atoms with E-state index in [2.05, 4.69) is 10.3 Å². The molecular formula is C26H44N4O5. The summed E-state index contributed by atoms with van der Waals surface area (Å²) in [5.74, 6) is 2.85. The van der Waals surface area contributed by atoms with Gasteiger partial charge in [-0.3, -0.25) is 9.58 Å². The summed E-state index contributed by atoms with van der Waals surface area (Å²) in [7, 11) is 0. The van der Waals surface area contributed by atoms with Crippen LogP contribution in [-0.2, 0) is 17.9 Å². The Morgan fingerprint density at radius 3 is 2.23 bits per heavy atom. The Morgan fingerprint density at radius 2 is 1.57 bits per heavy atom. The van der Waals surface area contributed by atoms with Crippen LogP contribution in [0.5, 0.6) is 0 Å². The predicted molar refractivity (Wildman–Crippen MR) is 129 cm³/mol. The highest BCUT2D eigenvalue weighted by Crippen LogP contribution is 2.60. The minimum atomic E-state index is -1.20. The first-order valence-corrected chi connectivity index (χ1v) is 13.8. The number of aryl methyl sites for hydroxylation is 1. The highest BCUT2D eigenvalue weighted by molar-refractivity contribution is 5.01. The van der Waals surface area contributed by atoms with Crippen molar-refractivity contribution in [3.8, 4) is 0 Å². The highest BCUT2D eigenvalue weighted by atomic mass is 16.5. The van der Waals surface area contributed by atoms with Crippen molar-refractivity contribution >= 4 is 0 Å². The summed E-state index contributed by atoms with van der Waals surface area (Å²) in [5.41, 5.74) is 1.35. The van der Waals surface area contributed by atoms with E-state index in [9.17, 15) is 20.4 Å². The fourth-order valence-electron chi connectivity index (χ4n) is 7.93. The van der Waals surface area contributed by atoms with E-state index in [1.54, 1.807) is 0 Å². The number of aliphatic hydroxyl groups excluding tert-OH is 4. The van der Waals surface area contributed by atoms with Crippen LogP contribution in [0.4, 0.5) is 0 Å². The molecule has 0 amide bonds. The van der Waals surface area contributed by atoms with Crippen LogP contribution in [-0.4, -0.2) is 91.0 Å². The molecule has 4 atom stereocenters. The van der Waals surface area contributed by atoms with Gasteiger partial charge in [0.2, 0.25) is 0 Å². The average molecular weight is 493 g/mol. The molecule has 5 fully saturated rings. The van der Waals surface area contributed by atoms with Crippen LogP contribution in [0.15, 0.2) is 6.20 Å². The molecule has 2 heterocycles. The summed E-state index contributed by atoms with van der Waals surface area (Å²) in [6.07, 6.45) is 11.2. The first-order valence-electron chi connectivity index (χ1n) is 13.8. The van der Waals surface area contributed by atoms with Crippen molar-refractivity contribution in [1.29, 1.82) is 0 Å². The van der Waals surface area contributed by atoms with Gasteiger partial charge in [-0.1, -0.05) is 18.1 Å². The van der Waals surface area contributed by atoms with Crippen molar-refractivity contribution in [2.45, 2.75) is 102 Å². The molecule has 4 saturated carbocycles. The van der Waals surface area contributed by atoms with Gasteiger partial charge >= 0.3 is 0 Å². The van der Waals surface area contributed by atoms with Crippen LogP contribution in [0.2, 0.25) is 0 Å². The zero-order chi connectivity index (χ0) is 24.4. The third-order valence-corrected chi connectivity index (χ3v) is 9.21. The number of likely N-dealkylation sites (tertiary alicyclic amines) is 1. The SMILES string of the molecule is OC[C@@H]1[C@@H](O)[C@H](O)[C@@H](O)CN1CCCCCCn1cc(COCC23CC4CC(CC(C4)C2)C3)nn1. The minimum absolute atomic E-state index is 0.230. The van der Waals surface area contributed by atoms with Gasteiger partial charge in [-0.15, -0.1) is 5.10 Å². The molecule has 1 aromatic heterocycles. The van der Waals surface area contributed by atoms with Crippen molar-refractivity contribution in [3.05, 3.63) is 11.9 Å². The molecule has 1 saturated heterocycles. The molecule has 9 heteroatoms. The number of nitrogens with zero attached hydrogens (tertiary/aromatic N) is 4. The van der Waals surface area contributed by atoms with Crippen LogP contribution in [0.1, 0.15) is 69.9 Å². The molecule has 5 aliphatic rings. The number of aromatic nitrogens is 3. The van der Waals surface area contributed by atoms with E-state index in [1.807, 2.05) is 15.8 Å². The standard InChI is InChI=1S/C26H44N4O5/c31-15-22-24(33)25(34)23(32)14-29(22)5-3-1-2-4-6-30-13-21(27-28-30)16-35-17-26-10-18-7-19(11-26)9-20(8-18)12-26/h13,18-20,22-25,31-34H,1-12,14-17H2/t18?,19?,20?,22-,23+,24-,25-,26?/m1/s1. The fourth-order valence-corrected chi connectivity index (χ4v) is 7.93. The second-order valence-electron chi connectivity index (χ2n) is 12.1. The van der Waals surface area contributed by atoms with Gasteiger partial charge in [0.15, 0.2) is 0 Å². The van der Waals surface area contributed by atoms with Crippen LogP contribution in [0, 0.1) is 23.2 Å². The van der Waals surface area contributed by atoms with E-state index < -0.39 is 24.4 Å². The number of piperidine rings is 1. The summed E-state index contributed by atoms with van der Waals surface area (Å²) in [6, 6.07) is -0.521. The average Bonchev–Trinajstić information content (AvgIpc) is 3.26. The lowest BCUT2D eigenvalue weighted by Gasteiger charge is -2.56. The number of β-amino-alcohol motifs (C(OH)–C–C–N with tert-alkyl or cyclic N) is 1. The third kappa shape index (κ3) is 5.91. The Bertz CT molecular complexity index is 784. The fraction of sp³-hybridized carbons (Fsp3) is 0.923. The van der Waals surface area contributed by atoms with Crippen LogP contribution >= 0.6 is 0 Å². The second-order valence-corrected chi connectivity index (χ2v) is 12.1. The Hall–Kier alpha value is -1.10. The van der Waals surface area contributed by atoms with E-state index in [0.717, 1.165) is 62.3 Å². The molecule has 9 nitrogen and oxygen atoms in total. The van der Waals surface area contributed by atoms with Crippen molar-refractivity contribution in [2.24, 2.45) is 23.2 Å². The minimum Gasteiger partial charge on any atom is -0.395 e. The molecule has 0 aromatic carbocycles. The molecule has 4 N–H and O–H groups in total. The number of aliphatic hydroxyl groups is 4. The lowest BCUT2D eigenvalue weighted by molar-refractivity contribution is -0.145. The van der Waals surface area contributed by atoms with Gasteiger partial charge in [-0.25, -0.2) is 0 Å². The predicted octanol–water partition coefficient (Wildman–Crippen LogP) is 1.33. The number of hydrogen-bond acceptors (Lipinski definition) is 8. The highest BCUT2D eigenvalue weighted by Gasteiger charge is 2.50. The Balaban J connectivity index is 0.961. The largest absolute Gasteiger partial charge is 0.395 e. The number of hydrogen-bond donors (Lipinski definition) is 4. The van der Waals surface area contributed by atoms with Gasteiger partial charge in [0, 0.05) is 13.1 Å². The molecule has 0 spiro atoms. The zero-order valence-electron chi connectivity index (χ0n) is 20.9. The summed E-state index contributed by atoms with van der Waals surface area (Å²) in [4.78, 5) is 1.88. The van der Waals surface area contributed by atoms with Crippen molar-refractivity contribution < 1.29 is 25.2 Å². The first-order chi connectivity index (χ1) is 16.9. The Morgan fingerprint density at radius 1 is 0.914 bits per heavy atom. The summed E-state index contributed by atoms with van der Waals surface area (Å²) < 4.78 is 8.09. The lowest BCUT2D eigenvalue weighted by atomic mass is 9.50. The van der Waals surface area contributed by atoms with Gasteiger partial charge in [-0.05, 0) is 81.1 Å². The molecule has 4 aliphatic carbocycles. The normalized spacial score (nSPS) is 38.9. The number of unbranched alkanes of at least 4 members (excludes halogenated alkanes) is 3. The van der Waals surface area contributed by atoms with Gasteiger partial charge in [-0.2, -0.15) is 0 Å². The van der Waals surface area contributed by atoms with Gasteiger partial charge in [0.1, 0.15) is 17.9 Å². The molecule has 6 rings (SSSR count). The Kier molecular flexibility index (Phi) is 8.11. The van der Waals surface area contributed by atoms with Crippen LogP contribution in [0.3, 0.4) is 0 Å². The second kappa shape index (κ2) is 11.1. The molecule has 35 heavy (non-hydrogen) atoms. The molecule has 0 radical (unpaired) electrons. The molecule has 198 valence electrons. The molecule has 1 aliphatic heterocycles. The lowest BCUT2D eigenvalue weighted by Crippen LogP contribution is -2.62. The number of rotatable bonds is 12. The smallest absolute Gasteiger partial charge is 0.109 e. The first kappa shape index (κ1) is 25.5. The van der Waals surface area contributed by atoms with Crippen LogP contribution < -0.4 is 0 Å². The maximum absolute atomic E-state index is 10.1. The van der Waals surface area contributed by atoms with E-state index in [-0.39, 0.29) is 13.2 Å². The van der Waals surface area contributed by atoms with E-state index >= 15 is 0 Å². The summed E-state index contributed by atoms with van der Waals surface area (Å²) in [5, 5.41) is 47.9. The van der Waals surface area contributed by atoms with Gasteiger partial charge < -0.3 is 25.2 Å². The van der Waals surface area contributed by atoms with E-state index in [1.165, 1.54) is 38.5 Å². The van der Waals surface area contributed by atoms with Crippen molar-refractivity contribution in [2.75, 3.05) is 26.3 Å². The van der Waals surface area contributed by atoms with E-state index in [0.29, 0.717) is 18.6 Å². The molecule has 0 unspecified atom stereocenters. The quantitative estimate of drug-likeness (QED) is 0.322. The van der Waals surface area contributed by atoms with Gasteiger partial charge in [0.05, 0.1) is 38.2 Å². The zero-order valence-corrected chi connectivity index (χ0v) is 20.9. The van der Waals surface area contributed by atoms with Crippen molar-refractivity contribution in [1.82, 2.24) is 19.9 Å². The topological polar surface area (TPSA) is 124 Å². The number of ether oxygens (including phenoxy) is 1. The van der Waals surface area contributed by atoms with Gasteiger partial charge in [0.25, 0.3) is 0 Å². The van der Waals surface area contributed by atoms with E-state index in [4.69, 9.17) is 4.74 Å². The summed E-state index contributed by atoms with van der Waals surface area (Å²) >= 11 is 0. The van der Waals surface area contributed by atoms with Crippen molar-refractivity contribution in [3.63, 3.8) is 0 Å². The molecule has 1 aromatic rings.